The van der Waals surface area contributed by atoms with Crippen LogP contribution in [0.5, 0.6) is 5.75 Å². The van der Waals surface area contributed by atoms with Crippen molar-refractivity contribution < 1.29 is 23.4 Å². The van der Waals surface area contributed by atoms with Crippen LogP contribution < -0.4 is 0 Å². The number of amides is 1. The molecule has 0 bridgehead atoms. The van der Waals surface area contributed by atoms with Crippen LogP contribution in [0.4, 0.5) is 13.6 Å². The number of phenolic OH excluding ortho intramolecular Hbond substituents is 1. The van der Waals surface area contributed by atoms with Crippen molar-refractivity contribution in [1.29, 1.82) is 0 Å². The largest absolute Gasteiger partial charge is 0.505 e. The number of nitrogens with zero attached hydrogens (tertiary/aromatic N) is 1. The zero-order valence-electron chi connectivity index (χ0n) is 12.3. The highest BCUT2D eigenvalue weighted by molar-refractivity contribution is 5.68. The minimum absolute atomic E-state index is 0.177. The van der Waals surface area contributed by atoms with Gasteiger partial charge in [-0.1, -0.05) is 6.07 Å². The summed E-state index contributed by atoms with van der Waals surface area (Å²) in [5, 5.41) is 9.14. The van der Waals surface area contributed by atoms with E-state index in [-0.39, 0.29) is 18.0 Å². The van der Waals surface area contributed by atoms with E-state index in [9.17, 15) is 13.6 Å². The summed E-state index contributed by atoms with van der Waals surface area (Å²) in [4.78, 5) is 13.4. The molecule has 1 aliphatic rings. The molecule has 0 saturated carbocycles. The second kappa shape index (κ2) is 5.50. The fourth-order valence-electron chi connectivity index (χ4n) is 2.38. The van der Waals surface area contributed by atoms with Crippen molar-refractivity contribution in [1.82, 2.24) is 4.90 Å². The molecule has 0 radical (unpaired) electrons. The Kier molecular flexibility index (Phi) is 4.07. The van der Waals surface area contributed by atoms with Gasteiger partial charge in [-0.15, -0.1) is 0 Å². The Morgan fingerprint density at radius 1 is 1.33 bits per heavy atom. The number of phenols is 1. The molecule has 1 saturated heterocycles. The van der Waals surface area contributed by atoms with E-state index in [0.29, 0.717) is 13.0 Å². The van der Waals surface area contributed by atoms with Crippen molar-refractivity contribution in [3.63, 3.8) is 0 Å². The van der Waals surface area contributed by atoms with Gasteiger partial charge < -0.3 is 14.7 Å². The summed E-state index contributed by atoms with van der Waals surface area (Å²) in [6, 6.07) is 2.49. The van der Waals surface area contributed by atoms with Gasteiger partial charge in [0, 0.05) is 19.0 Å². The average Bonchev–Trinajstić information content (AvgIpc) is 2.83. The van der Waals surface area contributed by atoms with Gasteiger partial charge in [-0.3, -0.25) is 0 Å². The summed E-state index contributed by atoms with van der Waals surface area (Å²) in [6.45, 7) is 6.02. The van der Waals surface area contributed by atoms with Crippen LogP contribution in [0.15, 0.2) is 12.1 Å². The first-order valence-corrected chi connectivity index (χ1v) is 6.84. The first kappa shape index (κ1) is 15.5. The van der Waals surface area contributed by atoms with Gasteiger partial charge in [-0.25, -0.2) is 9.18 Å². The molecule has 2 rings (SSSR count). The topological polar surface area (TPSA) is 49.8 Å². The van der Waals surface area contributed by atoms with Crippen LogP contribution in [0.1, 0.15) is 38.7 Å². The Morgan fingerprint density at radius 3 is 2.62 bits per heavy atom. The van der Waals surface area contributed by atoms with Crippen LogP contribution in [-0.4, -0.2) is 34.8 Å². The highest BCUT2D eigenvalue weighted by atomic mass is 19.2. The highest BCUT2D eigenvalue weighted by Crippen LogP contribution is 2.33. The lowest BCUT2D eigenvalue weighted by atomic mass is 9.97. The van der Waals surface area contributed by atoms with Crippen molar-refractivity contribution in [2.24, 2.45) is 0 Å². The predicted molar refractivity (Wildman–Crippen MR) is 73.2 cm³/mol. The molecule has 0 spiro atoms. The third kappa shape index (κ3) is 3.43. The van der Waals surface area contributed by atoms with E-state index in [1.165, 1.54) is 11.0 Å². The number of aromatic hydroxyl groups is 1. The lowest BCUT2D eigenvalue weighted by molar-refractivity contribution is 0.0292. The Balaban J connectivity index is 2.09. The number of carbonyl (C=O) groups excluding carboxylic acids is 1. The molecule has 1 atom stereocenters. The maximum atomic E-state index is 13.8. The van der Waals surface area contributed by atoms with Crippen LogP contribution in [0.3, 0.4) is 0 Å². The van der Waals surface area contributed by atoms with Gasteiger partial charge in [0.25, 0.3) is 0 Å². The maximum Gasteiger partial charge on any atom is 0.410 e. The van der Waals surface area contributed by atoms with E-state index >= 15 is 0 Å². The molecule has 1 amide bonds. The van der Waals surface area contributed by atoms with E-state index in [4.69, 9.17) is 9.84 Å². The van der Waals surface area contributed by atoms with Gasteiger partial charge in [0.05, 0.1) is 0 Å². The Labute approximate surface area is 122 Å². The van der Waals surface area contributed by atoms with Crippen LogP contribution in [-0.2, 0) is 4.74 Å². The number of hydrogen-bond donors (Lipinski definition) is 1. The van der Waals surface area contributed by atoms with Crippen LogP contribution in [0.25, 0.3) is 0 Å². The average molecular weight is 299 g/mol. The van der Waals surface area contributed by atoms with Gasteiger partial charge in [0.1, 0.15) is 5.60 Å². The summed E-state index contributed by atoms with van der Waals surface area (Å²) >= 11 is 0. The fourth-order valence-corrected chi connectivity index (χ4v) is 2.38. The van der Waals surface area contributed by atoms with E-state index in [1.807, 2.05) is 0 Å². The van der Waals surface area contributed by atoms with Gasteiger partial charge in [0.2, 0.25) is 5.82 Å². The molecule has 1 aromatic rings. The van der Waals surface area contributed by atoms with Crippen molar-refractivity contribution >= 4 is 6.09 Å². The molecule has 1 unspecified atom stereocenters. The van der Waals surface area contributed by atoms with Crippen molar-refractivity contribution in [3.8, 4) is 5.75 Å². The van der Waals surface area contributed by atoms with Gasteiger partial charge in [-0.2, -0.15) is 4.39 Å². The molecule has 1 heterocycles. The number of benzene rings is 1. The van der Waals surface area contributed by atoms with Crippen molar-refractivity contribution in [2.75, 3.05) is 13.1 Å². The molecule has 1 fully saturated rings. The second-order valence-corrected chi connectivity index (χ2v) is 6.21. The van der Waals surface area contributed by atoms with E-state index in [1.54, 1.807) is 20.8 Å². The molecule has 116 valence electrons. The molecule has 0 aliphatic carbocycles. The number of rotatable bonds is 1. The summed E-state index contributed by atoms with van der Waals surface area (Å²) in [6.07, 6.45) is 0.0741. The second-order valence-electron chi connectivity index (χ2n) is 6.21. The zero-order valence-corrected chi connectivity index (χ0v) is 12.3. The van der Waals surface area contributed by atoms with Gasteiger partial charge in [-0.05, 0) is 38.8 Å². The zero-order chi connectivity index (χ0) is 15.8. The molecular formula is C15H19F2NO3. The smallest absolute Gasteiger partial charge is 0.410 e. The summed E-state index contributed by atoms with van der Waals surface area (Å²) < 4.78 is 32.5. The van der Waals surface area contributed by atoms with E-state index in [0.717, 1.165) is 6.07 Å². The number of ether oxygens (including phenoxy) is 1. The Hall–Kier alpha value is -1.85. The van der Waals surface area contributed by atoms with Crippen LogP contribution in [0, 0.1) is 11.6 Å². The molecule has 6 heteroatoms. The molecule has 1 aliphatic heterocycles. The van der Waals surface area contributed by atoms with E-state index in [2.05, 4.69) is 0 Å². The summed E-state index contributed by atoms with van der Waals surface area (Å²) in [5.41, 5.74) is -0.415. The molecule has 1 N–H and O–H groups in total. The summed E-state index contributed by atoms with van der Waals surface area (Å²) in [5.74, 6) is -3.31. The van der Waals surface area contributed by atoms with Gasteiger partial charge in [0.15, 0.2) is 11.6 Å². The van der Waals surface area contributed by atoms with E-state index < -0.39 is 29.1 Å². The van der Waals surface area contributed by atoms with Crippen LogP contribution in [0.2, 0.25) is 0 Å². The van der Waals surface area contributed by atoms with Crippen molar-refractivity contribution in [3.05, 3.63) is 29.3 Å². The minimum Gasteiger partial charge on any atom is -0.505 e. The summed E-state index contributed by atoms with van der Waals surface area (Å²) in [7, 11) is 0. The molecular weight excluding hydrogens is 280 g/mol. The number of hydrogen-bond acceptors (Lipinski definition) is 3. The predicted octanol–water partition coefficient (Wildman–Crippen LogP) is 3.39. The molecule has 21 heavy (non-hydrogen) atoms. The molecule has 4 nitrogen and oxygen atoms in total. The molecule has 0 aromatic heterocycles. The number of likely N-dealkylation sites (tertiary alicyclic amines) is 1. The van der Waals surface area contributed by atoms with Crippen molar-refractivity contribution in [2.45, 2.75) is 38.7 Å². The highest BCUT2D eigenvalue weighted by Gasteiger charge is 2.32. The normalized spacial score (nSPS) is 18.9. The number of carbonyl (C=O) groups is 1. The Morgan fingerprint density at radius 2 is 2.00 bits per heavy atom. The first-order valence-electron chi connectivity index (χ1n) is 6.84. The third-order valence-electron chi connectivity index (χ3n) is 3.37. The monoisotopic (exact) mass is 299 g/mol. The maximum absolute atomic E-state index is 13.8. The third-order valence-corrected chi connectivity index (χ3v) is 3.37. The first-order chi connectivity index (χ1) is 9.69. The quantitative estimate of drug-likeness (QED) is 0.864. The lowest BCUT2D eigenvalue weighted by Crippen LogP contribution is -2.35. The number of halogens is 2. The minimum atomic E-state index is -1.25. The lowest BCUT2D eigenvalue weighted by Gasteiger charge is -2.24. The fraction of sp³-hybridized carbons (Fsp3) is 0.533. The van der Waals surface area contributed by atoms with Crippen LogP contribution >= 0.6 is 0 Å². The van der Waals surface area contributed by atoms with Gasteiger partial charge >= 0.3 is 6.09 Å². The standard InChI is InChI=1S/C15H19F2NO3/c1-15(2,3)21-14(20)18-7-6-9(8-18)10-4-5-11(19)13(17)12(10)16/h4-5,9,19H,6-8H2,1-3H3. The SMILES string of the molecule is CC(C)(C)OC(=O)N1CCC(c2ccc(O)c(F)c2F)C1. The molecule has 1 aromatic carbocycles. The Bertz CT molecular complexity index is 555.